The molecule has 1 aliphatic carbocycles. The van der Waals surface area contributed by atoms with Gasteiger partial charge in [-0.1, -0.05) is 18.7 Å². The van der Waals surface area contributed by atoms with Crippen LogP contribution in [0.5, 0.6) is 0 Å². The monoisotopic (exact) mass is 271 g/mol. The Kier molecular flexibility index (Phi) is 4.23. The average molecular weight is 271 g/mol. The summed E-state index contributed by atoms with van der Waals surface area (Å²) in [6.07, 6.45) is 1.13. The summed E-state index contributed by atoms with van der Waals surface area (Å²) in [4.78, 5) is 10.6. The molecule has 6 nitrogen and oxygen atoms in total. The first-order chi connectivity index (χ1) is 8.63. The third-order valence-corrected chi connectivity index (χ3v) is 3.98. The van der Waals surface area contributed by atoms with Crippen LogP contribution in [0, 0.1) is 5.92 Å². The van der Waals surface area contributed by atoms with Crippen LogP contribution < -0.4 is 0 Å². The zero-order chi connectivity index (χ0) is 13.1. The van der Waals surface area contributed by atoms with E-state index in [2.05, 4.69) is 17.1 Å². The molecule has 2 rings (SSSR count). The summed E-state index contributed by atoms with van der Waals surface area (Å²) in [5.74, 6) is 1.24. The summed E-state index contributed by atoms with van der Waals surface area (Å²) in [7, 11) is 1.65. The number of thioether (sulfide) groups is 1. The number of aliphatic carboxylic acids is 1. The van der Waals surface area contributed by atoms with Crippen LogP contribution in [0.1, 0.15) is 25.1 Å². The number of nitrogens with zero attached hydrogens (tertiary/aromatic N) is 3. The minimum Gasteiger partial charge on any atom is -0.481 e. The predicted molar refractivity (Wildman–Crippen MR) is 66.8 cm³/mol. The van der Waals surface area contributed by atoms with Crippen molar-refractivity contribution in [3.63, 3.8) is 0 Å². The van der Waals surface area contributed by atoms with Gasteiger partial charge in [0.15, 0.2) is 5.16 Å². The molecule has 0 spiro atoms. The second-order valence-corrected chi connectivity index (χ2v) is 5.43. The summed E-state index contributed by atoms with van der Waals surface area (Å²) in [6, 6.07) is 0. The normalized spacial score (nSPS) is 22.1. The molecule has 1 heterocycles. The fourth-order valence-corrected chi connectivity index (χ4v) is 2.57. The highest BCUT2D eigenvalue weighted by atomic mass is 32.2. The van der Waals surface area contributed by atoms with Gasteiger partial charge in [-0.3, -0.25) is 4.79 Å². The number of methoxy groups -OCH3 is 1. The van der Waals surface area contributed by atoms with Gasteiger partial charge in [0.25, 0.3) is 0 Å². The maximum Gasteiger partial charge on any atom is 0.313 e. The van der Waals surface area contributed by atoms with Crippen LogP contribution in [0.4, 0.5) is 0 Å². The Labute approximate surface area is 110 Å². The Morgan fingerprint density at radius 1 is 1.61 bits per heavy atom. The molecule has 100 valence electrons. The van der Waals surface area contributed by atoms with E-state index in [1.165, 1.54) is 11.8 Å². The van der Waals surface area contributed by atoms with Crippen molar-refractivity contribution < 1.29 is 14.6 Å². The largest absolute Gasteiger partial charge is 0.481 e. The first-order valence-corrected chi connectivity index (χ1v) is 6.88. The van der Waals surface area contributed by atoms with Crippen molar-refractivity contribution in [3.8, 4) is 0 Å². The van der Waals surface area contributed by atoms with Gasteiger partial charge in [0.1, 0.15) is 5.82 Å². The number of carboxylic acids is 1. The fourth-order valence-electron chi connectivity index (χ4n) is 1.88. The molecule has 0 saturated heterocycles. The van der Waals surface area contributed by atoms with Crippen LogP contribution in [0.25, 0.3) is 0 Å². The van der Waals surface area contributed by atoms with E-state index in [0.717, 1.165) is 12.2 Å². The van der Waals surface area contributed by atoms with Gasteiger partial charge in [-0.15, -0.1) is 10.2 Å². The molecule has 1 saturated carbocycles. The molecular formula is C11H17N3O3S. The first kappa shape index (κ1) is 13.4. The van der Waals surface area contributed by atoms with Gasteiger partial charge in [-0.2, -0.15) is 0 Å². The molecule has 2 unspecified atom stereocenters. The number of hydrogen-bond acceptors (Lipinski definition) is 5. The van der Waals surface area contributed by atoms with Crippen LogP contribution >= 0.6 is 11.8 Å². The quantitative estimate of drug-likeness (QED) is 0.751. The van der Waals surface area contributed by atoms with Crippen LogP contribution in [0.15, 0.2) is 5.16 Å². The average Bonchev–Trinajstić information content (AvgIpc) is 2.91. The van der Waals surface area contributed by atoms with Crippen LogP contribution in [-0.4, -0.2) is 45.3 Å². The molecule has 1 aromatic rings. The Morgan fingerprint density at radius 2 is 2.33 bits per heavy atom. The lowest BCUT2D eigenvalue weighted by Crippen LogP contribution is -2.10. The van der Waals surface area contributed by atoms with Crippen LogP contribution in [0.3, 0.4) is 0 Å². The lowest BCUT2D eigenvalue weighted by Gasteiger charge is -2.08. The number of ether oxygens (including phenoxy) is 1. The topological polar surface area (TPSA) is 77.2 Å². The number of aromatic nitrogens is 3. The molecule has 0 amide bonds. The number of rotatable bonds is 7. The summed E-state index contributed by atoms with van der Waals surface area (Å²) in [5.41, 5.74) is 0. The second kappa shape index (κ2) is 5.71. The highest BCUT2D eigenvalue weighted by Crippen LogP contribution is 2.46. The van der Waals surface area contributed by atoms with E-state index in [0.29, 0.717) is 30.1 Å². The summed E-state index contributed by atoms with van der Waals surface area (Å²) < 4.78 is 7.07. The summed E-state index contributed by atoms with van der Waals surface area (Å²) in [5, 5.41) is 17.7. The zero-order valence-corrected chi connectivity index (χ0v) is 11.3. The Bertz CT molecular complexity index is 435. The summed E-state index contributed by atoms with van der Waals surface area (Å²) in [6.45, 7) is 3.43. The van der Waals surface area contributed by atoms with Crippen LogP contribution in [-0.2, 0) is 16.1 Å². The third-order valence-electron chi connectivity index (χ3n) is 3.03. The molecule has 2 atom stereocenters. The van der Waals surface area contributed by atoms with Crippen molar-refractivity contribution in [3.05, 3.63) is 5.82 Å². The molecule has 7 heteroatoms. The number of carboxylic acid groups (broad SMARTS) is 1. The van der Waals surface area contributed by atoms with E-state index in [9.17, 15) is 4.79 Å². The molecule has 0 radical (unpaired) electrons. The van der Waals surface area contributed by atoms with E-state index in [-0.39, 0.29) is 5.75 Å². The Morgan fingerprint density at radius 3 is 2.89 bits per heavy atom. The van der Waals surface area contributed by atoms with E-state index in [1.807, 2.05) is 4.57 Å². The molecular weight excluding hydrogens is 254 g/mol. The highest BCUT2D eigenvalue weighted by molar-refractivity contribution is 7.99. The Balaban J connectivity index is 2.12. The van der Waals surface area contributed by atoms with Crippen LogP contribution in [0.2, 0.25) is 0 Å². The van der Waals surface area contributed by atoms with Crippen molar-refractivity contribution in [2.75, 3.05) is 19.5 Å². The number of hydrogen-bond donors (Lipinski definition) is 1. The Hall–Kier alpha value is -1.08. The lowest BCUT2D eigenvalue weighted by molar-refractivity contribution is -0.133. The van der Waals surface area contributed by atoms with Gasteiger partial charge in [-0.05, 0) is 12.3 Å². The van der Waals surface area contributed by atoms with Crippen molar-refractivity contribution in [1.82, 2.24) is 14.8 Å². The molecule has 1 fully saturated rings. The molecule has 0 aromatic carbocycles. The first-order valence-electron chi connectivity index (χ1n) is 5.90. The van der Waals surface area contributed by atoms with Crippen molar-refractivity contribution in [2.24, 2.45) is 5.92 Å². The maximum atomic E-state index is 10.6. The molecule has 0 bridgehead atoms. The molecule has 0 aliphatic heterocycles. The van der Waals surface area contributed by atoms with Gasteiger partial charge in [-0.25, -0.2) is 0 Å². The highest BCUT2D eigenvalue weighted by Gasteiger charge is 2.38. The molecule has 1 aromatic heterocycles. The minimum atomic E-state index is -0.845. The van der Waals surface area contributed by atoms with Crippen molar-refractivity contribution >= 4 is 17.7 Å². The smallest absolute Gasteiger partial charge is 0.313 e. The van der Waals surface area contributed by atoms with E-state index < -0.39 is 5.97 Å². The van der Waals surface area contributed by atoms with Gasteiger partial charge < -0.3 is 14.4 Å². The lowest BCUT2D eigenvalue weighted by atomic mass is 10.3. The third kappa shape index (κ3) is 3.02. The SMILES string of the molecule is COCCn1c(SCC(=O)O)nnc1C1CC1C. The summed E-state index contributed by atoms with van der Waals surface area (Å²) >= 11 is 1.21. The van der Waals surface area contributed by atoms with Gasteiger partial charge >= 0.3 is 5.97 Å². The zero-order valence-electron chi connectivity index (χ0n) is 10.5. The second-order valence-electron chi connectivity index (χ2n) is 4.49. The van der Waals surface area contributed by atoms with Crippen molar-refractivity contribution in [2.45, 2.75) is 31.0 Å². The molecule has 18 heavy (non-hydrogen) atoms. The molecule has 1 N–H and O–H groups in total. The van der Waals surface area contributed by atoms with Gasteiger partial charge in [0.05, 0.1) is 12.4 Å². The van der Waals surface area contributed by atoms with Gasteiger partial charge in [0.2, 0.25) is 0 Å². The number of carbonyl (C=O) groups is 1. The maximum absolute atomic E-state index is 10.6. The predicted octanol–water partition coefficient (Wildman–Crippen LogP) is 1.22. The fraction of sp³-hybridized carbons (Fsp3) is 0.727. The van der Waals surface area contributed by atoms with Gasteiger partial charge in [0, 0.05) is 19.6 Å². The van der Waals surface area contributed by atoms with E-state index in [4.69, 9.17) is 9.84 Å². The molecule has 1 aliphatic rings. The standard InChI is InChI=1S/C11H17N3O3S/c1-7-5-8(7)10-12-13-11(18-6-9(15)16)14(10)3-4-17-2/h7-8H,3-6H2,1-2H3,(H,15,16). The van der Waals surface area contributed by atoms with Crippen molar-refractivity contribution in [1.29, 1.82) is 0 Å². The minimum absolute atomic E-state index is 0.00529. The van der Waals surface area contributed by atoms with E-state index in [1.54, 1.807) is 7.11 Å². The van der Waals surface area contributed by atoms with E-state index >= 15 is 0 Å².